The first-order valence-corrected chi connectivity index (χ1v) is 5.60. The lowest BCUT2D eigenvalue weighted by molar-refractivity contribution is -0.138. The molecule has 1 fully saturated rings. The predicted octanol–water partition coefficient (Wildman–Crippen LogP) is 2.66. The van der Waals surface area contributed by atoms with E-state index in [1.54, 1.807) is 6.07 Å². The first kappa shape index (κ1) is 15.3. The van der Waals surface area contributed by atoms with Crippen molar-refractivity contribution in [2.75, 3.05) is 13.1 Å². The third-order valence-corrected chi connectivity index (χ3v) is 3.03. The van der Waals surface area contributed by atoms with Gasteiger partial charge in [0.1, 0.15) is 0 Å². The van der Waals surface area contributed by atoms with Crippen LogP contribution in [0, 0.1) is 0 Å². The van der Waals surface area contributed by atoms with Crippen LogP contribution in [0.2, 0.25) is 0 Å². The lowest BCUT2D eigenvalue weighted by atomic mass is 10.1. The van der Waals surface area contributed by atoms with Crippen molar-refractivity contribution in [3.05, 3.63) is 35.4 Å². The number of halogens is 4. The summed E-state index contributed by atoms with van der Waals surface area (Å²) < 4.78 is 38.3. The third kappa shape index (κ3) is 3.60. The van der Waals surface area contributed by atoms with Crippen LogP contribution in [0.15, 0.2) is 24.3 Å². The van der Waals surface area contributed by atoms with Gasteiger partial charge in [-0.2, -0.15) is 13.2 Å². The van der Waals surface area contributed by atoms with Crippen molar-refractivity contribution in [2.24, 2.45) is 5.73 Å². The molecule has 1 aliphatic rings. The number of benzene rings is 1. The summed E-state index contributed by atoms with van der Waals surface area (Å²) in [7, 11) is 0. The van der Waals surface area contributed by atoms with Gasteiger partial charge < -0.3 is 5.73 Å². The largest absolute Gasteiger partial charge is 0.416 e. The smallest absolute Gasteiger partial charge is 0.326 e. The number of alkyl halides is 3. The Labute approximate surface area is 110 Å². The van der Waals surface area contributed by atoms with Gasteiger partial charge >= 0.3 is 6.18 Å². The van der Waals surface area contributed by atoms with Crippen LogP contribution in [-0.2, 0) is 12.7 Å². The summed E-state index contributed by atoms with van der Waals surface area (Å²) in [5, 5.41) is 0. The Morgan fingerprint density at radius 3 is 2.50 bits per heavy atom. The van der Waals surface area contributed by atoms with Crippen molar-refractivity contribution in [1.29, 1.82) is 0 Å². The van der Waals surface area contributed by atoms with Gasteiger partial charge in [0, 0.05) is 25.7 Å². The van der Waals surface area contributed by atoms with E-state index >= 15 is 0 Å². The highest BCUT2D eigenvalue weighted by Crippen LogP contribution is 2.32. The maximum atomic E-state index is 12.8. The first-order chi connectivity index (χ1) is 7.97. The standard InChI is InChI=1S/C12H15F3N2.ClH/c13-12(14,15)11-4-2-1-3-9(11)7-17-6-5-10(16)8-17;/h1-4,10H,5-8,16H2;1H/t10-;/m1./s1. The Bertz CT molecular complexity index is 395. The number of likely N-dealkylation sites (tertiary alicyclic amines) is 1. The highest BCUT2D eigenvalue weighted by atomic mass is 35.5. The SMILES string of the molecule is Cl.N[C@@H]1CCN(Cc2ccccc2C(F)(F)F)C1. The van der Waals surface area contributed by atoms with Crippen molar-refractivity contribution in [3.63, 3.8) is 0 Å². The molecule has 1 saturated heterocycles. The van der Waals surface area contributed by atoms with Crippen LogP contribution in [0.3, 0.4) is 0 Å². The van der Waals surface area contributed by atoms with E-state index in [0.29, 0.717) is 18.7 Å². The fourth-order valence-corrected chi connectivity index (χ4v) is 2.18. The summed E-state index contributed by atoms with van der Waals surface area (Å²) in [6, 6.07) is 5.81. The summed E-state index contributed by atoms with van der Waals surface area (Å²) in [6.07, 6.45) is -3.42. The molecule has 6 heteroatoms. The first-order valence-electron chi connectivity index (χ1n) is 5.60. The van der Waals surface area contributed by atoms with Gasteiger partial charge in [-0.05, 0) is 18.1 Å². The maximum absolute atomic E-state index is 12.8. The Balaban J connectivity index is 0.00000162. The van der Waals surface area contributed by atoms with Crippen LogP contribution in [0.25, 0.3) is 0 Å². The normalized spacial score (nSPS) is 20.8. The van der Waals surface area contributed by atoms with E-state index in [2.05, 4.69) is 0 Å². The van der Waals surface area contributed by atoms with Crippen LogP contribution in [0.4, 0.5) is 13.2 Å². The molecule has 2 nitrogen and oxygen atoms in total. The Morgan fingerprint density at radius 1 is 1.28 bits per heavy atom. The molecule has 102 valence electrons. The molecule has 0 aromatic heterocycles. The monoisotopic (exact) mass is 280 g/mol. The highest BCUT2D eigenvalue weighted by Gasteiger charge is 2.33. The average molecular weight is 281 g/mol. The molecule has 1 aromatic carbocycles. The van der Waals surface area contributed by atoms with Crippen molar-refractivity contribution >= 4 is 12.4 Å². The number of rotatable bonds is 2. The Hall–Kier alpha value is -0.780. The maximum Gasteiger partial charge on any atom is 0.416 e. The zero-order valence-electron chi connectivity index (χ0n) is 9.78. The average Bonchev–Trinajstić information content (AvgIpc) is 2.63. The zero-order chi connectivity index (χ0) is 12.5. The lowest BCUT2D eigenvalue weighted by Gasteiger charge is -2.18. The molecule has 0 radical (unpaired) electrons. The number of hydrogen-bond donors (Lipinski definition) is 1. The van der Waals surface area contributed by atoms with Gasteiger partial charge in [-0.3, -0.25) is 4.90 Å². The summed E-state index contributed by atoms with van der Waals surface area (Å²) >= 11 is 0. The van der Waals surface area contributed by atoms with Gasteiger partial charge in [0.05, 0.1) is 5.56 Å². The molecule has 0 unspecified atom stereocenters. The van der Waals surface area contributed by atoms with E-state index in [4.69, 9.17) is 5.73 Å². The fourth-order valence-electron chi connectivity index (χ4n) is 2.18. The van der Waals surface area contributed by atoms with E-state index in [1.165, 1.54) is 12.1 Å². The number of nitrogens with zero attached hydrogens (tertiary/aromatic N) is 1. The minimum atomic E-state index is -4.28. The minimum Gasteiger partial charge on any atom is -0.326 e. The molecule has 1 aliphatic heterocycles. The van der Waals surface area contributed by atoms with Crippen molar-refractivity contribution < 1.29 is 13.2 Å². The van der Waals surface area contributed by atoms with Gasteiger partial charge in [0.15, 0.2) is 0 Å². The molecule has 2 rings (SSSR count). The zero-order valence-corrected chi connectivity index (χ0v) is 10.6. The van der Waals surface area contributed by atoms with Gasteiger partial charge in [0.25, 0.3) is 0 Å². The van der Waals surface area contributed by atoms with Crippen LogP contribution in [-0.4, -0.2) is 24.0 Å². The van der Waals surface area contributed by atoms with Crippen LogP contribution >= 0.6 is 12.4 Å². The second kappa shape index (κ2) is 5.91. The summed E-state index contributed by atoms with van der Waals surface area (Å²) in [6.45, 7) is 1.77. The van der Waals surface area contributed by atoms with Crippen LogP contribution < -0.4 is 5.73 Å². The molecule has 1 aromatic rings. The highest BCUT2D eigenvalue weighted by molar-refractivity contribution is 5.85. The molecule has 0 spiro atoms. The van der Waals surface area contributed by atoms with E-state index in [1.807, 2.05) is 4.90 Å². The van der Waals surface area contributed by atoms with E-state index < -0.39 is 11.7 Å². The fraction of sp³-hybridized carbons (Fsp3) is 0.500. The van der Waals surface area contributed by atoms with Crippen LogP contribution in [0.1, 0.15) is 17.5 Å². The Kier molecular flexibility index (Phi) is 5.01. The topological polar surface area (TPSA) is 29.3 Å². The van der Waals surface area contributed by atoms with Crippen LogP contribution in [0.5, 0.6) is 0 Å². The lowest BCUT2D eigenvalue weighted by Crippen LogP contribution is -2.27. The minimum absolute atomic E-state index is 0. The van der Waals surface area contributed by atoms with Gasteiger partial charge in [-0.15, -0.1) is 12.4 Å². The van der Waals surface area contributed by atoms with Crippen molar-refractivity contribution in [1.82, 2.24) is 4.90 Å². The van der Waals surface area contributed by atoms with E-state index in [-0.39, 0.29) is 18.4 Å². The molecule has 2 N–H and O–H groups in total. The van der Waals surface area contributed by atoms with Gasteiger partial charge in [-0.25, -0.2) is 0 Å². The molecular weight excluding hydrogens is 265 g/mol. The van der Waals surface area contributed by atoms with Gasteiger partial charge in [0.2, 0.25) is 0 Å². The summed E-state index contributed by atoms with van der Waals surface area (Å²) in [5.41, 5.74) is 5.53. The molecule has 1 heterocycles. The number of hydrogen-bond acceptors (Lipinski definition) is 2. The molecule has 0 aliphatic carbocycles. The summed E-state index contributed by atoms with van der Waals surface area (Å²) in [5.74, 6) is 0. The second-order valence-corrected chi connectivity index (χ2v) is 4.44. The molecule has 0 saturated carbocycles. The molecule has 18 heavy (non-hydrogen) atoms. The number of nitrogens with two attached hydrogens (primary N) is 1. The van der Waals surface area contributed by atoms with E-state index in [9.17, 15) is 13.2 Å². The predicted molar refractivity (Wildman–Crippen MR) is 66.6 cm³/mol. The van der Waals surface area contributed by atoms with Crippen molar-refractivity contribution in [2.45, 2.75) is 25.2 Å². The molecular formula is C12H16ClF3N2. The molecule has 0 amide bonds. The molecule has 1 atom stereocenters. The second-order valence-electron chi connectivity index (χ2n) is 4.44. The Morgan fingerprint density at radius 2 is 1.94 bits per heavy atom. The van der Waals surface area contributed by atoms with Crippen molar-refractivity contribution in [3.8, 4) is 0 Å². The quantitative estimate of drug-likeness (QED) is 0.902. The van der Waals surface area contributed by atoms with E-state index in [0.717, 1.165) is 19.0 Å². The molecule has 0 bridgehead atoms. The van der Waals surface area contributed by atoms with Gasteiger partial charge in [-0.1, -0.05) is 18.2 Å². The third-order valence-electron chi connectivity index (χ3n) is 3.03. The summed E-state index contributed by atoms with van der Waals surface area (Å²) in [4.78, 5) is 1.97.